The molecule has 3 saturated heterocycles. The molecule has 3 heterocycles. The van der Waals surface area contributed by atoms with E-state index in [-0.39, 0.29) is 0 Å². The van der Waals surface area contributed by atoms with Crippen molar-refractivity contribution in [2.45, 2.75) is 57.0 Å². The van der Waals surface area contributed by atoms with Crippen LogP contribution in [0.4, 0.5) is 0 Å². The third-order valence-electron chi connectivity index (χ3n) is 6.60. The summed E-state index contributed by atoms with van der Waals surface area (Å²) in [6, 6.07) is 1.80. The van der Waals surface area contributed by atoms with Gasteiger partial charge in [-0.05, 0) is 76.5 Å². The van der Waals surface area contributed by atoms with Gasteiger partial charge < -0.3 is 10.2 Å². The van der Waals surface area contributed by atoms with Gasteiger partial charge in [-0.1, -0.05) is 6.42 Å². The Kier molecular flexibility index (Phi) is 4.02. The number of nitrogens with zero attached hydrogens (tertiary/aromatic N) is 2. The maximum Gasteiger partial charge on any atom is 0.0120 e. The molecule has 3 nitrogen and oxygen atoms in total. The molecule has 0 radical (unpaired) electrons. The normalized spacial score (nSPS) is 38.4. The Bertz CT molecular complexity index is 306. The van der Waals surface area contributed by atoms with Crippen molar-refractivity contribution in [1.82, 2.24) is 15.1 Å². The third kappa shape index (κ3) is 2.65. The SMILES string of the molecule is C1CC2CN(C3CCN(C4CCNCC4)CC3)CC2C1. The maximum atomic E-state index is 3.50. The van der Waals surface area contributed by atoms with E-state index in [1.807, 2.05) is 0 Å². The largest absolute Gasteiger partial charge is 0.317 e. The van der Waals surface area contributed by atoms with E-state index < -0.39 is 0 Å². The molecular formula is C17H31N3. The molecule has 0 amide bonds. The summed E-state index contributed by atoms with van der Waals surface area (Å²) in [5.74, 6) is 2.13. The summed E-state index contributed by atoms with van der Waals surface area (Å²) in [6.45, 7) is 8.06. The highest BCUT2D eigenvalue weighted by atomic mass is 15.2. The van der Waals surface area contributed by atoms with Gasteiger partial charge in [-0.2, -0.15) is 0 Å². The average molecular weight is 277 g/mol. The van der Waals surface area contributed by atoms with Gasteiger partial charge in [0.15, 0.2) is 0 Å². The molecule has 4 rings (SSSR count). The monoisotopic (exact) mass is 277 g/mol. The van der Waals surface area contributed by atoms with Crippen LogP contribution in [0.5, 0.6) is 0 Å². The Morgan fingerprint density at radius 2 is 1.25 bits per heavy atom. The van der Waals surface area contributed by atoms with E-state index in [1.165, 1.54) is 84.2 Å². The maximum absolute atomic E-state index is 3.50. The van der Waals surface area contributed by atoms with Crippen LogP contribution in [-0.2, 0) is 0 Å². The predicted molar refractivity (Wildman–Crippen MR) is 82.9 cm³/mol. The first-order chi connectivity index (χ1) is 9.90. The number of rotatable bonds is 2. The molecule has 114 valence electrons. The molecule has 0 aromatic rings. The lowest BCUT2D eigenvalue weighted by Crippen LogP contribution is -2.50. The molecule has 4 aliphatic rings. The van der Waals surface area contributed by atoms with Crippen LogP contribution in [-0.4, -0.2) is 61.2 Å². The van der Waals surface area contributed by atoms with Crippen LogP contribution in [0.25, 0.3) is 0 Å². The molecule has 0 spiro atoms. The number of likely N-dealkylation sites (tertiary alicyclic amines) is 2. The van der Waals surface area contributed by atoms with Gasteiger partial charge in [0.05, 0.1) is 0 Å². The van der Waals surface area contributed by atoms with E-state index in [9.17, 15) is 0 Å². The Hall–Kier alpha value is -0.120. The first-order valence-corrected chi connectivity index (χ1v) is 9.09. The summed E-state index contributed by atoms with van der Waals surface area (Å²) in [5.41, 5.74) is 0. The lowest BCUT2D eigenvalue weighted by Gasteiger charge is -2.42. The topological polar surface area (TPSA) is 18.5 Å². The fourth-order valence-electron chi connectivity index (χ4n) is 5.36. The van der Waals surface area contributed by atoms with Crippen LogP contribution < -0.4 is 5.32 Å². The van der Waals surface area contributed by atoms with Crippen LogP contribution in [0.1, 0.15) is 44.9 Å². The Morgan fingerprint density at radius 3 is 1.90 bits per heavy atom. The average Bonchev–Trinajstić information content (AvgIpc) is 3.10. The van der Waals surface area contributed by atoms with Gasteiger partial charge in [-0.3, -0.25) is 4.90 Å². The number of hydrogen-bond donors (Lipinski definition) is 1. The summed E-state index contributed by atoms with van der Waals surface area (Å²) >= 11 is 0. The zero-order valence-electron chi connectivity index (χ0n) is 12.9. The van der Waals surface area contributed by atoms with E-state index in [2.05, 4.69) is 15.1 Å². The van der Waals surface area contributed by atoms with Crippen molar-refractivity contribution in [2.24, 2.45) is 11.8 Å². The molecule has 3 heteroatoms. The molecule has 2 unspecified atom stereocenters. The molecule has 0 aromatic heterocycles. The highest BCUT2D eigenvalue weighted by molar-refractivity contribution is 4.93. The van der Waals surface area contributed by atoms with Crippen LogP contribution in [0, 0.1) is 11.8 Å². The standard InChI is InChI=1S/C17H31N3/c1-2-14-12-20(13-15(14)3-1)17-6-10-19(11-7-17)16-4-8-18-9-5-16/h14-18H,1-13H2. The molecule has 4 fully saturated rings. The van der Waals surface area contributed by atoms with Crippen molar-refractivity contribution in [1.29, 1.82) is 0 Å². The van der Waals surface area contributed by atoms with Crippen molar-refractivity contribution in [2.75, 3.05) is 39.3 Å². The van der Waals surface area contributed by atoms with Gasteiger partial charge in [0, 0.05) is 25.2 Å². The van der Waals surface area contributed by atoms with Crippen molar-refractivity contribution >= 4 is 0 Å². The molecule has 0 aromatic carbocycles. The van der Waals surface area contributed by atoms with E-state index in [1.54, 1.807) is 0 Å². The Morgan fingerprint density at radius 1 is 0.650 bits per heavy atom. The number of piperidine rings is 2. The van der Waals surface area contributed by atoms with Crippen LogP contribution in [0.3, 0.4) is 0 Å². The molecule has 1 aliphatic carbocycles. The summed E-state index contributed by atoms with van der Waals surface area (Å²) < 4.78 is 0. The van der Waals surface area contributed by atoms with Gasteiger partial charge in [0.2, 0.25) is 0 Å². The van der Waals surface area contributed by atoms with E-state index in [0.29, 0.717) is 0 Å². The van der Waals surface area contributed by atoms with Crippen LogP contribution in [0.2, 0.25) is 0 Å². The fraction of sp³-hybridized carbons (Fsp3) is 1.00. The minimum Gasteiger partial charge on any atom is -0.317 e. The zero-order chi connectivity index (χ0) is 13.4. The molecule has 0 bridgehead atoms. The summed E-state index contributed by atoms with van der Waals surface area (Å²) in [4.78, 5) is 5.67. The van der Waals surface area contributed by atoms with E-state index >= 15 is 0 Å². The zero-order valence-corrected chi connectivity index (χ0v) is 12.9. The van der Waals surface area contributed by atoms with E-state index in [4.69, 9.17) is 0 Å². The van der Waals surface area contributed by atoms with Crippen molar-refractivity contribution < 1.29 is 0 Å². The highest BCUT2D eigenvalue weighted by Gasteiger charge is 2.39. The van der Waals surface area contributed by atoms with Crippen molar-refractivity contribution in [3.05, 3.63) is 0 Å². The molecule has 1 saturated carbocycles. The quantitative estimate of drug-likeness (QED) is 0.832. The second-order valence-corrected chi connectivity index (χ2v) is 7.65. The van der Waals surface area contributed by atoms with Gasteiger partial charge >= 0.3 is 0 Å². The molecule has 1 N–H and O–H groups in total. The number of hydrogen-bond acceptors (Lipinski definition) is 3. The molecule has 20 heavy (non-hydrogen) atoms. The first kappa shape index (κ1) is 13.5. The molecular weight excluding hydrogens is 246 g/mol. The lowest BCUT2D eigenvalue weighted by atomic mass is 9.98. The predicted octanol–water partition coefficient (Wildman–Crippen LogP) is 1.93. The smallest absolute Gasteiger partial charge is 0.0120 e. The van der Waals surface area contributed by atoms with Gasteiger partial charge in [-0.25, -0.2) is 0 Å². The Labute approximate surface area is 124 Å². The minimum absolute atomic E-state index is 0.884. The fourth-order valence-corrected chi connectivity index (χ4v) is 5.36. The Balaban J connectivity index is 1.27. The second-order valence-electron chi connectivity index (χ2n) is 7.65. The van der Waals surface area contributed by atoms with Gasteiger partial charge in [0.25, 0.3) is 0 Å². The third-order valence-corrected chi connectivity index (χ3v) is 6.60. The summed E-state index contributed by atoms with van der Waals surface area (Å²) in [6.07, 6.45) is 10.2. The van der Waals surface area contributed by atoms with Crippen molar-refractivity contribution in [3.8, 4) is 0 Å². The summed E-state index contributed by atoms with van der Waals surface area (Å²) in [5, 5.41) is 3.50. The van der Waals surface area contributed by atoms with Crippen molar-refractivity contribution in [3.63, 3.8) is 0 Å². The van der Waals surface area contributed by atoms with Gasteiger partial charge in [-0.15, -0.1) is 0 Å². The van der Waals surface area contributed by atoms with Crippen LogP contribution in [0.15, 0.2) is 0 Å². The summed E-state index contributed by atoms with van der Waals surface area (Å²) in [7, 11) is 0. The second kappa shape index (κ2) is 5.94. The lowest BCUT2D eigenvalue weighted by molar-refractivity contribution is 0.0799. The number of fused-ring (bicyclic) bond motifs is 1. The minimum atomic E-state index is 0.884. The highest BCUT2D eigenvalue weighted by Crippen LogP contribution is 2.39. The van der Waals surface area contributed by atoms with Crippen LogP contribution >= 0.6 is 0 Å². The molecule has 3 aliphatic heterocycles. The van der Waals surface area contributed by atoms with E-state index in [0.717, 1.165) is 23.9 Å². The number of nitrogens with one attached hydrogen (secondary N) is 1. The molecule has 2 atom stereocenters. The first-order valence-electron chi connectivity index (χ1n) is 9.09. The van der Waals surface area contributed by atoms with Gasteiger partial charge in [0.1, 0.15) is 0 Å².